The second-order valence-electron chi connectivity index (χ2n) is 9.36. The number of hydrogen-bond acceptors (Lipinski definition) is 3. The Labute approximate surface area is 140 Å². The molecule has 0 radical (unpaired) electrons. The van der Waals surface area contributed by atoms with Crippen molar-refractivity contribution >= 4 is 5.78 Å². The fourth-order valence-corrected chi connectivity index (χ4v) is 7.22. The fourth-order valence-electron chi connectivity index (χ4n) is 7.22. The average molecular weight is 320 g/mol. The normalized spacial score (nSPS) is 55.9. The topological polar surface area (TPSA) is 46.5 Å². The predicted octanol–water partition coefficient (Wildman–Crippen LogP) is 3.58. The molecule has 0 aromatic rings. The smallest absolute Gasteiger partial charge is 0.167 e. The zero-order valence-corrected chi connectivity index (χ0v) is 14.9. The van der Waals surface area contributed by atoms with Crippen LogP contribution in [0.15, 0.2) is 0 Å². The van der Waals surface area contributed by atoms with Crippen molar-refractivity contribution in [3.63, 3.8) is 0 Å². The monoisotopic (exact) mass is 320 g/mol. The van der Waals surface area contributed by atoms with E-state index in [1.54, 1.807) is 0 Å². The van der Waals surface area contributed by atoms with Gasteiger partial charge in [0.25, 0.3) is 0 Å². The van der Waals surface area contributed by atoms with Gasteiger partial charge in [0, 0.05) is 12.5 Å². The van der Waals surface area contributed by atoms with E-state index in [1.165, 1.54) is 38.5 Å². The van der Waals surface area contributed by atoms with Crippen molar-refractivity contribution in [1.82, 2.24) is 0 Å². The molecule has 0 spiro atoms. The number of ether oxygens (including phenoxy) is 1. The molecule has 0 heterocycles. The van der Waals surface area contributed by atoms with Gasteiger partial charge in [0.15, 0.2) is 5.78 Å². The van der Waals surface area contributed by atoms with Crippen molar-refractivity contribution in [3.05, 3.63) is 0 Å². The molecule has 0 unspecified atom stereocenters. The van der Waals surface area contributed by atoms with Crippen molar-refractivity contribution in [2.45, 2.75) is 77.4 Å². The number of aliphatic hydroxyl groups is 1. The van der Waals surface area contributed by atoms with Crippen LogP contribution in [0.2, 0.25) is 0 Å². The quantitative estimate of drug-likeness (QED) is 0.803. The number of methoxy groups -OCH3 is 1. The van der Waals surface area contributed by atoms with E-state index < -0.39 is 6.10 Å². The van der Waals surface area contributed by atoms with Gasteiger partial charge in [0.2, 0.25) is 0 Å². The van der Waals surface area contributed by atoms with Gasteiger partial charge in [-0.05, 0) is 80.5 Å². The van der Waals surface area contributed by atoms with Gasteiger partial charge in [-0.3, -0.25) is 4.79 Å². The Morgan fingerprint density at radius 3 is 2.57 bits per heavy atom. The maximum absolute atomic E-state index is 12.5. The molecule has 4 saturated carbocycles. The lowest BCUT2D eigenvalue weighted by Gasteiger charge is -2.60. The van der Waals surface area contributed by atoms with Gasteiger partial charge in [-0.15, -0.1) is 0 Å². The van der Waals surface area contributed by atoms with Crippen LogP contribution in [0.4, 0.5) is 0 Å². The maximum Gasteiger partial charge on any atom is 0.167 e. The number of carbonyl (C=O) groups is 1. The first kappa shape index (κ1) is 16.1. The highest BCUT2D eigenvalue weighted by molar-refractivity contribution is 5.91. The molecule has 0 amide bonds. The van der Waals surface area contributed by atoms with Gasteiger partial charge in [-0.25, -0.2) is 0 Å². The second kappa shape index (κ2) is 5.29. The number of ketones is 1. The molecule has 0 aromatic heterocycles. The maximum atomic E-state index is 12.5. The molecule has 3 nitrogen and oxygen atoms in total. The van der Waals surface area contributed by atoms with Gasteiger partial charge in [0.05, 0.1) is 6.10 Å². The van der Waals surface area contributed by atoms with Crippen LogP contribution in [0, 0.1) is 34.5 Å². The van der Waals surface area contributed by atoms with E-state index in [2.05, 4.69) is 13.8 Å². The molecular formula is C20H32O3. The molecule has 130 valence electrons. The lowest BCUT2D eigenvalue weighted by molar-refractivity contribution is -0.145. The average Bonchev–Trinajstić information content (AvgIpc) is 2.78. The molecule has 0 aliphatic heterocycles. The van der Waals surface area contributed by atoms with Crippen LogP contribution in [-0.4, -0.2) is 30.2 Å². The Morgan fingerprint density at radius 2 is 1.83 bits per heavy atom. The molecule has 4 aliphatic carbocycles. The minimum Gasteiger partial charge on any atom is -0.385 e. The Bertz CT molecular complexity index is 503. The summed E-state index contributed by atoms with van der Waals surface area (Å²) in [6.45, 7) is 4.67. The third-order valence-electron chi connectivity index (χ3n) is 8.68. The lowest BCUT2D eigenvalue weighted by Crippen LogP contribution is -2.54. The zero-order valence-electron chi connectivity index (χ0n) is 14.9. The number of Topliss-reactive ketones (excluding diaryl/α,β-unsaturated/α-hetero) is 1. The first-order chi connectivity index (χ1) is 10.9. The molecule has 8 atom stereocenters. The Balaban J connectivity index is 1.61. The highest BCUT2D eigenvalue weighted by atomic mass is 16.5. The molecule has 4 aliphatic rings. The fraction of sp³-hybridized carbons (Fsp3) is 0.950. The summed E-state index contributed by atoms with van der Waals surface area (Å²) in [6.07, 6.45) is 8.87. The first-order valence-corrected chi connectivity index (χ1v) is 9.65. The summed E-state index contributed by atoms with van der Waals surface area (Å²) in [7, 11) is 1.86. The van der Waals surface area contributed by atoms with Crippen LogP contribution in [-0.2, 0) is 9.53 Å². The van der Waals surface area contributed by atoms with Crippen molar-refractivity contribution in [2.75, 3.05) is 7.11 Å². The summed E-state index contributed by atoms with van der Waals surface area (Å²) in [4.78, 5) is 12.5. The van der Waals surface area contributed by atoms with Gasteiger partial charge in [-0.1, -0.05) is 13.8 Å². The highest BCUT2D eigenvalue weighted by Crippen LogP contribution is 2.65. The molecular weight excluding hydrogens is 288 g/mol. The van der Waals surface area contributed by atoms with E-state index in [-0.39, 0.29) is 11.2 Å². The number of aliphatic hydroxyl groups excluding tert-OH is 1. The van der Waals surface area contributed by atoms with Gasteiger partial charge in [0.1, 0.15) is 6.10 Å². The van der Waals surface area contributed by atoms with E-state index in [4.69, 9.17) is 4.74 Å². The lowest BCUT2D eigenvalue weighted by atomic mass is 9.45. The van der Waals surface area contributed by atoms with E-state index in [1.807, 2.05) is 7.11 Å². The van der Waals surface area contributed by atoms with E-state index in [0.717, 1.165) is 24.7 Å². The SMILES string of the molecule is CO[C@H]1CC[C@@]2(C)[C@@H](CC[C@@H]3[C@H]2CC[C@]2(C)C(=O)[C@H](O)C[C@H]32)C1. The van der Waals surface area contributed by atoms with Crippen LogP contribution in [0.5, 0.6) is 0 Å². The molecule has 0 bridgehead atoms. The molecule has 23 heavy (non-hydrogen) atoms. The van der Waals surface area contributed by atoms with Gasteiger partial charge in [-0.2, -0.15) is 0 Å². The molecule has 4 fully saturated rings. The standard InChI is InChI=1S/C20H32O3/c1-19-8-6-13(23-3)10-12(19)4-5-14-15(19)7-9-20(2)16(14)11-17(21)18(20)22/h12-17,21H,4-11H2,1-3H3/t12-,13-,14+,15+,16+,17+,19-,20-/m0/s1. The third-order valence-corrected chi connectivity index (χ3v) is 8.68. The van der Waals surface area contributed by atoms with E-state index in [0.29, 0.717) is 23.4 Å². The number of rotatable bonds is 1. The first-order valence-electron chi connectivity index (χ1n) is 9.65. The van der Waals surface area contributed by atoms with Crippen LogP contribution >= 0.6 is 0 Å². The molecule has 1 N–H and O–H groups in total. The number of fused-ring (bicyclic) bond motifs is 5. The summed E-state index contributed by atoms with van der Waals surface area (Å²) in [6, 6.07) is 0. The molecule has 0 saturated heterocycles. The Morgan fingerprint density at radius 1 is 1.04 bits per heavy atom. The number of carbonyl (C=O) groups excluding carboxylic acids is 1. The van der Waals surface area contributed by atoms with Crippen LogP contribution in [0.25, 0.3) is 0 Å². The molecule has 0 aromatic carbocycles. The highest BCUT2D eigenvalue weighted by Gasteiger charge is 2.62. The summed E-state index contributed by atoms with van der Waals surface area (Å²) < 4.78 is 5.66. The minimum atomic E-state index is -0.696. The van der Waals surface area contributed by atoms with Crippen LogP contribution in [0.1, 0.15) is 65.2 Å². The van der Waals surface area contributed by atoms with E-state index in [9.17, 15) is 9.90 Å². The van der Waals surface area contributed by atoms with Crippen molar-refractivity contribution in [3.8, 4) is 0 Å². The van der Waals surface area contributed by atoms with Crippen molar-refractivity contribution in [1.29, 1.82) is 0 Å². The summed E-state index contributed by atoms with van der Waals surface area (Å²) in [5.74, 6) is 2.73. The Hall–Kier alpha value is -0.410. The summed E-state index contributed by atoms with van der Waals surface area (Å²) in [5, 5.41) is 10.2. The van der Waals surface area contributed by atoms with E-state index >= 15 is 0 Å². The minimum absolute atomic E-state index is 0.135. The largest absolute Gasteiger partial charge is 0.385 e. The Kier molecular flexibility index (Phi) is 3.70. The van der Waals surface area contributed by atoms with Crippen LogP contribution in [0.3, 0.4) is 0 Å². The molecule has 3 heteroatoms. The van der Waals surface area contributed by atoms with Gasteiger partial charge < -0.3 is 9.84 Å². The van der Waals surface area contributed by atoms with Crippen molar-refractivity contribution in [2.24, 2.45) is 34.5 Å². The molecule has 4 rings (SSSR count). The summed E-state index contributed by atoms with van der Waals surface area (Å²) in [5.41, 5.74) is 0.184. The summed E-state index contributed by atoms with van der Waals surface area (Å²) >= 11 is 0. The predicted molar refractivity (Wildman–Crippen MR) is 88.9 cm³/mol. The second-order valence-corrected chi connectivity index (χ2v) is 9.36. The number of hydrogen-bond donors (Lipinski definition) is 1. The van der Waals surface area contributed by atoms with Gasteiger partial charge >= 0.3 is 0 Å². The zero-order chi connectivity index (χ0) is 16.4. The van der Waals surface area contributed by atoms with Crippen LogP contribution < -0.4 is 0 Å². The third kappa shape index (κ3) is 2.12. The van der Waals surface area contributed by atoms with Crippen molar-refractivity contribution < 1.29 is 14.6 Å².